The van der Waals surface area contributed by atoms with E-state index in [0.717, 1.165) is 64.5 Å². The maximum atomic E-state index is 12.8. The lowest BCUT2D eigenvalue weighted by Gasteiger charge is -2.20. The van der Waals surface area contributed by atoms with Crippen molar-refractivity contribution >= 4 is 33.7 Å². The number of aromatic amines is 2. The van der Waals surface area contributed by atoms with Crippen LogP contribution < -0.4 is 5.32 Å². The molecule has 6 heterocycles. The Hall–Kier alpha value is -4.99. The summed E-state index contributed by atoms with van der Waals surface area (Å²) in [4.78, 5) is 38.8. The molecule has 6 aromatic heterocycles. The summed E-state index contributed by atoms with van der Waals surface area (Å²) in [5.74, 6) is 0.752. The first-order valence-corrected chi connectivity index (χ1v) is 13.1. The quantitative estimate of drug-likeness (QED) is 0.274. The van der Waals surface area contributed by atoms with Crippen LogP contribution in [0.1, 0.15) is 32.1 Å². The second-order valence-corrected chi connectivity index (χ2v) is 9.86. The number of nitrogens with one attached hydrogen (secondary N) is 3. The van der Waals surface area contributed by atoms with E-state index in [2.05, 4.69) is 40.4 Å². The highest BCUT2D eigenvalue weighted by Gasteiger charge is 2.21. The first-order valence-electron chi connectivity index (χ1n) is 13.1. The molecule has 1 amide bonds. The summed E-state index contributed by atoms with van der Waals surface area (Å²) in [5, 5.41) is 11.4. The predicted molar refractivity (Wildman–Crippen MR) is 148 cm³/mol. The van der Waals surface area contributed by atoms with Gasteiger partial charge in [-0.3, -0.25) is 24.8 Å². The Morgan fingerprint density at radius 1 is 0.923 bits per heavy atom. The predicted octanol–water partition coefficient (Wildman–Crippen LogP) is 5.54. The van der Waals surface area contributed by atoms with Gasteiger partial charge in [0.1, 0.15) is 11.2 Å². The molecule has 10 heteroatoms. The van der Waals surface area contributed by atoms with Gasteiger partial charge in [-0.15, -0.1) is 0 Å². The molecule has 0 bridgehead atoms. The Morgan fingerprint density at radius 3 is 2.67 bits per heavy atom. The van der Waals surface area contributed by atoms with Crippen molar-refractivity contribution < 1.29 is 4.79 Å². The van der Waals surface area contributed by atoms with Crippen LogP contribution in [-0.4, -0.2) is 46.0 Å². The van der Waals surface area contributed by atoms with Gasteiger partial charge >= 0.3 is 0 Å². The van der Waals surface area contributed by atoms with Gasteiger partial charge in [0.25, 0.3) is 0 Å². The van der Waals surface area contributed by atoms with Gasteiger partial charge in [0, 0.05) is 47.4 Å². The number of imidazole rings is 1. The highest BCUT2D eigenvalue weighted by molar-refractivity contribution is 5.97. The Balaban J connectivity index is 1.23. The van der Waals surface area contributed by atoms with Crippen LogP contribution in [0.2, 0.25) is 0 Å². The van der Waals surface area contributed by atoms with Crippen molar-refractivity contribution in [2.45, 2.75) is 32.1 Å². The molecule has 10 nitrogen and oxygen atoms in total. The van der Waals surface area contributed by atoms with Gasteiger partial charge in [-0.05, 0) is 37.1 Å². The van der Waals surface area contributed by atoms with E-state index in [1.807, 2.05) is 30.3 Å². The van der Waals surface area contributed by atoms with Crippen LogP contribution in [0.15, 0.2) is 67.5 Å². The molecule has 0 atom stereocenters. The minimum Gasteiger partial charge on any atom is -0.335 e. The average Bonchev–Trinajstić information content (AvgIpc) is 3.62. The number of rotatable bonds is 5. The fourth-order valence-corrected chi connectivity index (χ4v) is 5.27. The van der Waals surface area contributed by atoms with E-state index in [1.54, 1.807) is 37.2 Å². The molecule has 1 saturated carbocycles. The van der Waals surface area contributed by atoms with E-state index < -0.39 is 0 Å². The van der Waals surface area contributed by atoms with Crippen LogP contribution in [0.25, 0.3) is 56.0 Å². The summed E-state index contributed by atoms with van der Waals surface area (Å²) in [7, 11) is 0. The molecule has 192 valence electrons. The summed E-state index contributed by atoms with van der Waals surface area (Å²) in [6.07, 6.45) is 15.8. The van der Waals surface area contributed by atoms with Crippen molar-refractivity contribution in [3.63, 3.8) is 0 Å². The van der Waals surface area contributed by atoms with Gasteiger partial charge < -0.3 is 10.3 Å². The van der Waals surface area contributed by atoms with Crippen molar-refractivity contribution in [3.05, 3.63) is 67.5 Å². The molecule has 39 heavy (non-hydrogen) atoms. The third-order valence-corrected chi connectivity index (χ3v) is 7.29. The maximum absolute atomic E-state index is 12.8. The Morgan fingerprint density at radius 2 is 1.79 bits per heavy atom. The molecular formula is C29H25N9O. The van der Waals surface area contributed by atoms with Crippen LogP contribution in [0.5, 0.6) is 0 Å². The standard InChI is InChI=1S/C29H25N9O/c39-29(17-6-2-1-3-7-17)34-20-10-18(12-30-14-20)19-11-21-26(37-38-27(21)33-13-19)28-35-24-16-31-15-22(25(24)36-28)23-8-4-5-9-32-23/h4-5,8-17H,1-3,6-7H2,(H,34,39)(H,35,36)(H,33,37,38). The van der Waals surface area contributed by atoms with Crippen LogP contribution >= 0.6 is 0 Å². The molecule has 0 aliphatic heterocycles. The number of nitrogens with zero attached hydrogens (tertiary/aromatic N) is 6. The van der Waals surface area contributed by atoms with Gasteiger partial charge in [-0.1, -0.05) is 25.3 Å². The fourth-order valence-electron chi connectivity index (χ4n) is 5.27. The van der Waals surface area contributed by atoms with Crippen LogP contribution in [0, 0.1) is 5.92 Å². The number of H-pyrrole nitrogens is 2. The zero-order valence-electron chi connectivity index (χ0n) is 21.1. The van der Waals surface area contributed by atoms with Crippen molar-refractivity contribution in [2.75, 3.05) is 5.32 Å². The zero-order chi connectivity index (χ0) is 26.2. The first kappa shape index (κ1) is 23.2. The van der Waals surface area contributed by atoms with E-state index >= 15 is 0 Å². The minimum atomic E-state index is 0.0730. The Kier molecular flexibility index (Phi) is 5.77. The smallest absolute Gasteiger partial charge is 0.227 e. The third-order valence-electron chi connectivity index (χ3n) is 7.29. The topological polar surface area (TPSA) is 138 Å². The molecule has 0 spiro atoms. The lowest BCUT2D eigenvalue weighted by molar-refractivity contribution is -0.120. The summed E-state index contributed by atoms with van der Waals surface area (Å²) in [5.41, 5.74) is 6.89. The number of amides is 1. The summed E-state index contributed by atoms with van der Waals surface area (Å²) in [6, 6.07) is 9.70. The molecule has 0 radical (unpaired) electrons. The van der Waals surface area contributed by atoms with Gasteiger partial charge in [0.15, 0.2) is 11.5 Å². The van der Waals surface area contributed by atoms with Gasteiger partial charge in [-0.2, -0.15) is 5.10 Å². The number of carbonyl (C=O) groups excluding carboxylic acids is 1. The third kappa shape index (κ3) is 4.39. The molecule has 7 rings (SSSR count). The maximum Gasteiger partial charge on any atom is 0.227 e. The van der Waals surface area contributed by atoms with Crippen molar-refractivity contribution in [3.8, 4) is 33.9 Å². The molecule has 1 aliphatic rings. The molecule has 0 saturated heterocycles. The zero-order valence-corrected chi connectivity index (χ0v) is 21.1. The van der Waals surface area contributed by atoms with Crippen molar-refractivity contribution in [2.24, 2.45) is 5.92 Å². The summed E-state index contributed by atoms with van der Waals surface area (Å²) < 4.78 is 0. The number of pyridine rings is 4. The number of hydrogen-bond donors (Lipinski definition) is 3. The van der Waals surface area contributed by atoms with Crippen LogP contribution in [0.4, 0.5) is 5.69 Å². The number of fused-ring (bicyclic) bond motifs is 2. The van der Waals surface area contributed by atoms with E-state index in [9.17, 15) is 4.79 Å². The van der Waals surface area contributed by atoms with Gasteiger partial charge in [0.2, 0.25) is 5.91 Å². The first-order chi connectivity index (χ1) is 19.2. The Bertz CT molecular complexity index is 1800. The van der Waals surface area contributed by atoms with E-state index in [-0.39, 0.29) is 11.8 Å². The van der Waals surface area contributed by atoms with E-state index in [1.165, 1.54) is 6.42 Å². The molecular weight excluding hydrogens is 490 g/mol. The fraction of sp³-hybridized carbons (Fsp3) is 0.207. The van der Waals surface area contributed by atoms with E-state index in [0.29, 0.717) is 22.9 Å². The monoisotopic (exact) mass is 515 g/mol. The number of anilines is 1. The summed E-state index contributed by atoms with van der Waals surface area (Å²) in [6.45, 7) is 0. The number of hydrogen-bond acceptors (Lipinski definition) is 7. The number of carbonyl (C=O) groups is 1. The van der Waals surface area contributed by atoms with Gasteiger partial charge in [0.05, 0.1) is 34.7 Å². The van der Waals surface area contributed by atoms with Crippen LogP contribution in [-0.2, 0) is 4.79 Å². The van der Waals surface area contributed by atoms with Crippen molar-refractivity contribution in [1.82, 2.24) is 40.1 Å². The number of aromatic nitrogens is 8. The van der Waals surface area contributed by atoms with Crippen molar-refractivity contribution in [1.29, 1.82) is 0 Å². The molecule has 0 aromatic carbocycles. The Labute approximate surface area is 223 Å². The average molecular weight is 516 g/mol. The largest absolute Gasteiger partial charge is 0.335 e. The molecule has 1 aliphatic carbocycles. The highest BCUT2D eigenvalue weighted by atomic mass is 16.1. The molecule has 3 N–H and O–H groups in total. The lowest BCUT2D eigenvalue weighted by atomic mass is 9.88. The normalized spacial score (nSPS) is 14.2. The van der Waals surface area contributed by atoms with Crippen LogP contribution in [0.3, 0.4) is 0 Å². The lowest BCUT2D eigenvalue weighted by Crippen LogP contribution is -2.24. The molecule has 1 fully saturated rings. The summed E-state index contributed by atoms with van der Waals surface area (Å²) >= 11 is 0. The van der Waals surface area contributed by atoms with E-state index in [4.69, 9.17) is 4.98 Å². The minimum absolute atomic E-state index is 0.0730. The van der Waals surface area contributed by atoms with Gasteiger partial charge in [-0.25, -0.2) is 9.97 Å². The SMILES string of the molecule is O=C(Nc1cncc(-c2cnc3[nH]nc(-c4nc5c(-c6ccccn6)cncc5[nH]4)c3c2)c1)C1CCCCC1. The second-order valence-electron chi connectivity index (χ2n) is 9.86. The molecule has 6 aromatic rings. The highest BCUT2D eigenvalue weighted by Crippen LogP contribution is 2.32. The second kappa shape index (κ2) is 9.71. The molecule has 0 unspecified atom stereocenters.